The first-order valence-electron chi connectivity index (χ1n) is 4.87. The molecule has 2 amide bonds. The molecule has 0 aromatic rings. The first-order valence-corrected chi connectivity index (χ1v) is 6.77. The molecule has 1 rings (SSSR count). The summed E-state index contributed by atoms with van der Waals surface area (Å²) in [5.74, 6) is -0.401. The average Bonchev–Trinajstić information content (AvgIpc) is 2.15. The maximum atomic E-state index is 11.5. The highest BCUT2D eigenvalue weighted by Gasteiger charge is 2.20. The molecule has 0 aliphatic carbocycles. The number of nitrogens with zero attached hydrogens (tertiary/aromatic N) is 1. The predicted octanol–water partition coefficient (Wildman–Crippen LogP) is -2.12. The predicted molar refractivity (Wildman–Crippen MR) is 57.1 cm³/mol. The number of amides is 2. The van der Waals surface area contributed by atoms with Crippen LogP contribution in [-0.4, -0.2) is 57.6 Å². The van der Waals surface area contributed by atoms with Crippen molar-refractivity contribution in [2.75, 3.05) is 32.4 Å². The maximum Gasteiger partial charge on any atom is 0.239 e. The fraction of sp³-hybridized carbons (Fsp3) is 0.750. The van der Waals surface area contributed by atoms with Gasteiger partial charge in [-0.3, -0.25) is 9.59 Å². The normalized spacial score (nSPS) is 17.1. The molecule has 1 aliphatic heterocycles. The molecule has 0 aromatic heterocycles. The van der Waals surface area contributed by atoms with Gasteiger partial charge < -0.3 is 10.2 Å². The monoisotopic (exact) mass is 249 g/mol. The molecule has 0 bridgehead atoms. The summed E-state index contributed by atoms with van der Waals surface area (Å²) in [4.78, 5) is 24.0. The number of rotatable bonds is 4. The minimum atomic E-state index is -3.26. The lowest BCUT2D eigenvalue weighted by Crippen LogP contribution is -2.50. The van der Waals surface area contributed by atoms with E-state index >= 15 is 0 Å². The summed E-state index contributed by atoms with van der Waals surface area (Å²) >= 11 is 0. The van der Waals surface area contributed by atoms with Crippen LogP contribution in [0.5, 0.6) is 0 Å². The van der Waals surface area contributed by atoms with Crippen LogP contribution in [0.1, 0.15) is 6.42 Å². The van der Waals surface area contributed by atoms with Gasteiger partial charge in [0.15, 0.2) is 0 Å². The van der Waals surface area contributed by atoms with E-state index in [9.17, 15) is 18.0 Å². The molecule has 0 atom stereocenters. The molecule has 0 unspecified atom stereocenters. The number of sulfonamides is 1. The van der Waals surface area contributed by atoms with Gasteiger partial charge in [-0.05, 0) is 0 Å². The third-order valence-corrected chi connectivity index (χ3v) is 2.82. The molecule has 0 saturated carbocycles. The Morgan fingerprint density at radius 3 is 2.81 bits per heavy atom. The maximum absolute atomic E-state index is 11.5. The zero-order valence-electron chi connectivity index (χ0n) is 9.02. The van der Waals surface area contributed by atoms with E-state index < -0.39 is 10.0 Å². The highest BCUT2D eigenvalue weighted by molar-refractivity contribution is 7.88. The Morgan fingerprint density at radius 1 is 1.56 bits per heavy atom. The third-order valence-electron chi connectivity index (χ3n) is 2.09. The van der Waals surface area contributed by atoms with Crippen molar-refractivity contribution in [3.63, 3.8) is 0 Å². The topological polar surface area (TPSA) is 95.6 Å². The lowest BCUT2D eigenvalue weighted by Gasteiger charge is -2.26. The van der Waals surface area contributed by atoms with Crippen LogP contribution in [0.3, 0.4) is 0 Å². The van der Waals surface area contributed by atoms with Crippen LogP contribution in [0.2, 0.25) is 0 Å². The van der Waals surface area contributed by atoms with Crippen LogP contribution in [0.25, 0.3) is 0 Å². The second kappa shape index (κ2) is 5.26. The first-order chi connectivity index (χ1) is 7.38. The number of carbonyl (C=O) groups is 2. The van der Waals surface area contributed by atoms with Gasteiger partial charge in [-0.2, -0.15) is 0 Å². The molecule has 7 nitrogen and oxygen atoms in total. The Balaban J connectivity index is 2.32. The van der Waals surface area contributed by atoms with Crippen molar-refractivity contribution in [3.8, 4) is 0 Å². The average molecular weight is 249 g/mol. The summed E-state index contributed by atoms with van der Waals surface area (Å²) < 4.78 is 23.7. The van der Waals surface area contributed by atoms with Gasteiger partial charge in [0.1, 0.15) is 0 Å². The first kappa shape index (κ1) is 12.9. The zero-order valence-corrected chi connectivity index (χ0v) is 9.84. The summed E-state index contributed by atoms with van der Waals surface area (Å²) in [6, 6.07) is 0. The Labute approximate surface area is 94.2 Å². The van der Waals surface area contributed by atoms with E-state index in [1.54, 1.807) is 0 Å². The lowest BCUT2D eigenvalue weighted by molar-refractivity contribution is -0.138. The van der Waals surface area contributed by atoms with Crippen LogP contribution in [0, 0.1) is 0 Å². The molecule has 0 aromatic carbocycles. The van der Waals surface area contributed by atoms with E-state index in [1.165, 1.54) is 4.90 Å². The van der Waals surface area contributed by atoms with Crippen molar-refractivity contribution in [1.82, 2.24) is 14.9 Å². The van der Waals surface area contributed by atoms with Gasteiger partial charge in [0, 0.05) is 26.1 Å². The summed E-state index contributed by atoms with van der Waals surface area (Å²) in [5, 5.41) is 2.60. The fourth-order valence-corrected chi connectivity index (χ4v) is 1.83. The van der Waals surface area contributed by atoms with Gasteiger partial charge in [0.05, 0.1) is 12.8 Å². The molecule has 0 radical (unpaired) electrons. The van der Waals surface area contributed by atoms with Crippen LogP contribution < -0.4 is 10.0 Å². The molecule has 8 heteroatoms. The van der Waals surface area contributed by atoms with Crippen molar-refractivity contribution in [2.24, 2.45) is 0 Å². The van der Waals surface area contributed by atoms with Crippen molar-refractivity contribution >= 4 is 21.8 Å². The van der Waals surface area contributed by atoms with Gasteiger partial charge in [0.2, 0.25) is 21.8 Å². The second-order valence-electron chi connectivity index (χ2n) is 3.58. The standard InChI is InChI=1S/C8H15N3O4S/c1-16(14,15)10-3-2-8(13)11-5-4-9-7(12)6-11/h10H,2-6H2,1H3,(H,9,12). The minimum absolute atomic E-state index is 0.0533. The minimum Gasteiger partial charge on any atom is -0.353 e. The number of hydrogen-bond acceptors (Lipinski definition) is 4. The van der Waals surface area contributed by atoms with Gasteiger partial charge in [-0.1, -0.05) is 0 Å². The molecule has 1 saturated heterocycles. The number of piperazine rings is 1. The van der Waals surface area contributed by atoms with E-state index in [0.29, 0.717) is 13.1 Å². The molecule has 2 N–H and O–H groups in total. The van der Waals surface area contributed by atoms with E-state index in [0.717, 1.165) is 6.26 Å². The lowest BCUT2D eigenvalue weighted by atomic mass is 10.3. The van der Waals surface area contributed by atoms with E-state index in [4.69, 9.17) is 0 Å². The van der Waals surface area contributed by atoms with Crippen molar-refractivity contribution in [1.29, 1.82) is 0 Å². The van der Waals surface area contributed by atoms with Gasteiger partial charge >= 0.3 is 0 Å². The quantitative estimate of drug-likeness (QED) is 0.595. The summed E-state index contributed by atoms with van der Waals surface area (Å²) in [5.41, 5.74) is 0. The van der Waals surface area contributed by atoms with Gasteiger partial charge in [-0.15, -0.1) is 0 Å². The molecule has 1 heterocycles. The van der Waals surface area contributed by atoms with E-state index in [2.05, 4.69) is 10.0 Å². The molecular weight excluding hydrogens is 234 g/mol. The Kier molecular flexibility index (Phi) is 4.25. The summed E-state index contributed by atoms with van der Waals surface area (Å²) in [6.45, 7) is 1.04. The van der Waals surface area contributed by atoms with E-state index in [1.807, 2.05) is 0 Å². The van der Waals surface area contributed by atoms with Gasteiger partial charge in [-0.25, -0.2) is 13.1 Å². The Bertz CT molecular complexity index is 379. The fourth-order valence-electron chi connectivity index (χ4n) is 1.35. The van der Waals surface area contributed by atoms with Crippen LogP contribution in [0.4, 0.5) is 0 Å². The molecule has 92 valence electrons. The molecule has 1 fully saturated rings. The largest absolute Gasteiger partial charge is 0.353 e. The smallest absolute Gasteiger partial charge is 0.239 e. The van der Waals surface area contributed by atoms with E-state index in [-0.39, 0.29) is 31.3 Å². The van der Waals surface area contributed by atoms with Crippen molar-refractivity contribution in [3.05, 3.63) is 0 Å². The molecule has 0 spiro atoms. The summed E-state index contributed by atoms with van der Waals surface area (Å²) in [6.07, 6.45) is 1.10. The van der Waals surface area contributed by atoms with Crippen LogP contribution >= 0.6 is 0 Å². The van der Waals surface area contributed by atoms with Crippen LogP contribution in [0.15, 0.2) is 0 Å². The Hall–Kier alpha value is -1.15. The van der Waals surface area contributed by atoms with Gasteiger partial charge in [0.25, 0.3) is 0 Å². The van der Waals surface area contributed by atoms with Crippen LogP contribution in [-0.2, 0) is 19.6 Å². The second-order valence-corrected chi connectivity index (χ2v) is 5.41. The molecule has 1 aliphatic rings. The van der Waals surface area contributed by atoms with Crippen molar-refractivity contribution < 1.29 is 18.0 Å². The number of carbonyl (C=O) groups excluding carboxylic acids is 2. The summed E-state index contributed by atoms with van der Waals surface area (Å²) in [7, 11) is -3.26. The highest BCUT2D eigenvalue weighted by Crippen LogP contribution is 1.97. The zero-order chi connectivity index (χ0) is 12.2. The van der Waals surface area contributed by atoms with Crippen molar-refractivity contribution in [2.45, 2.75) is 6.42 Å². The Morgan fingerprint density at radius 2 is 2.25 bits per heavy atom. The molecular formula is C8H15N3O4S. The number of hydrogen-bond donors (Lipinski definition) is 2. The highest BCUT2D eigenvalue weighted by atomic mass is 32.2. The number of nitrogens with one attached hydrogen (secondary N) is 2. The SMILES string of the molecule is CS(=O)(=O)NCCC(=O)N1CCNC(=O)C1. The molecule has 16 heavy (non-hydrogen) atoms. The third kappa shape index (κ3) is 4.58.